The number of carbonyl (C=O) groups is 1. The lowest BCUT2D eigenvalue weighted by atomic mass is 9.83. The van der Waals surface area contributed by atoms with Crippen LogP contribution in [0.3, 0.4) is 0 Å². The van der Waals surface area contributed by atoms with Crippen molar-refractivity contribution in [2.75, 3.05) is 6.54 Å². The Morgan fingerprint density at radius 2 is 1.72 bits per heavy atom. The zero-order valence-electron chi connectivity index (χ0n) is 12.8. The van der Waals surface area contributed by atoms with E-state index >= 15 is 0 Å². The molecule has 0 aliphatic carbocycles. The van der Waals surface area contributed by atoms with Crippen LogP contribution in [0.1, 0.15) is 54.9 Å². The fourth-order valence-electron chi connectivity index (χ4n) is 2.10. The van der Waals surface area contributed by atoms with Crippen molar-refractivity contribution in [3.63, 3.8) is 0 Å². The van der Waals surface area contributed by atoms with Gasteiger partial charge < -0.3 is 15.2 Å². The van der Waals surface area contributed by atoms with Crippen LogP contribution >= 0.6 is 0 Å². The van der Waals surface area contributed by atoms with Gasteiger partial charge in [0, 0.05) is 6.54 Å². The summed E-state index contributed by atoms with van der Waals surface area (Å²) in [5.74, 6) is -0.273. The van der Waals surface area contributed by atoms with E-state index in [0.29, 0.717) is 6.54 Å². The highest BCUT2D eigenvalue weighted by molar-refractivity contribution is 5.75. The summed E-state index contributed by atoms with van der Waals surface area (Å²) in [5, 5.41) is 12.1. The van der Waals surface area contributed by atoms with Gasteiger partial charge in [0.1, 0.15) is 11.6 Å². The van der Waals surface area contributed by atoms with Gasteiger partial charge in [0.2, 0.25) is 0 Å². The van der Waals surface area contributed by atoms with Gasteiger partial charge in [-0.05, 0) is 39.5 Å². The molecule has 0 spiro atoms. The summed E-state index contributed by atoms with van der Waals surface area (Å²) in [4.78, 5) is 11.9. The molecule has 0 aliphatic heterocycles. The van der Waals surface area contributed by atoms with Crippen molar-refractivity contribution in [2.45, 2.75) is 72.6 Å². The first-order chi connectivity index (χ1) is 7.93. The Kier molecular flexibility index (Phi) is 6.30. The monoisotopic (exact) mass is 259 g/mol. The summed E-state index contributed by atoms with van der Waals surface area (Å²) < 4.78 is 5.52. The molecule has 0 fully saturated rings. The number of hydrogen-bond acceptors (Lipinski definition) is 4. The van der Waals surface area contributed by atoms with Gasteiger partial charge >= 0.3 is 5.97 Å². The molecule has 0 aromatic heterocycles. The normalized spacial score (nSPS) is 16.2. The van der Waals surface area contributed by atoms with Crippen LogP contribution in [-0.4, -0.2) is 35.4 Å². The lowest BCUT2D eigenvalue weighted by molar-refractivity contribution is -0.161. The highest BCUT2D eigenvalue weighted by Gasteiger charge is 2.30. The molecule has 0 aliphatic rings. The summed E-state index contributed by atoms with van der Waals surface area (Å²) >= 11 is 0. The number of esters is 1. The van der Waals surface area contributed by atoms with E-state index in [1.54, 1.807) is 13.8 Å². The maximum Gasteiger partial charge on any atom is 0.323 e. The van der Waals surface area contributed by atoms with E-state index in [4.69, 9.17) is 9.84 Å². The summed E-state index contributed by atoms with van der Waals surface area (Å²) in [6.45, 7) is 14.0. The van der Waals surface area contributed by atoms with Crippen molar-refractivity contribution < 1.29 is 14.6 Å². The van der Waals surface area contributed by atoms with Crippen LogP contribution in [0.25, 0.3) is 0 Å². The number of hydrogen-bond donors (Lipinski definition) is 2. The van der Waals surface area contributed by atoms with E-state index in [0.717, 1.165) is 6.42 Å². The van der Waals surface area contributed by atoms with Gasteiger partial charge in [0.15, 0.2) is 0 Å². The molecule has 2 atom stereocenters. The number of carbonyl (C=O) groups excluding carboxylic acids is 1. The Labute approximate surface area is 111 Å². The maximum atomic E-state index is 11.9. The fraction of sp³-hybridized carbons (Fsp3) is 0.929. The summed E-state index contributed by atoms with van der Waals surface area (Å²) in [6, 6.07) is -0.404. The van der Waals surface area contributed by atoms with Gasteiger partial charge in [-0.3, -0.25) is 4.79 Å². The minimum atomic E-state index is -0.476. The molecule has 2 unspecified atom stereocenters. The molecular weight excluding hydrogens is 230 g/mol. The number of aliphatic hydroxyl groups excluding tert-OH is 1. The second-order valence-corrected chi connectivity index (χ2v) is 6.90. The van der Waals surface area contributed by atoms with Gasteiger partial charge in [0.05, 0.1) is 6.10 Å². The topological polar surface area (TPSA) is 58.6 Å². The molecule has 0 rings (SSSR count). The predicted molar refractivity (Wildman–Crippen MR) is 73.4 cm³/mol. The lowest BCUT2D eigenvalue weighted by Gasteiger charge is -2.33. The third kappa shape index (κ3) is 8.48. The highest BCUT2D eigenvalue weighted by atomic mass is 16.6. The van der Waals surface area contributed by atoms with Crippen LogP contribution in [0.5, 0.6) is 0 Å². The average molecular weight is 259 g/mol. The van der Waals surface area contributed by atoms with Crippen LogP contribution in [-0.2, 0) is 9.53 Å². The average Bonchev–Trinajstić information content (AvgIpc) is 2.08. The number of nitrogens with one attached hydrogen (secondary N) is 1. The van der Waals surface area contributed by atoms with E-state index in [2.05, 4.69) is 26.1 Å². The number of aliphatic hydroxyl groups is 1. The maximum absolute atomic E-state index is 11.9. The molecule has 0 heterocycles. The van der Waals surface area contributed by atoms with Crippen molar-refractivity contribution in [1.82, 2.24) is 5.32 Å². The third-order valence-corrected chi connectivity index (χ3v) is 2.41. The van der Waals surface area contributed by atoms with E-state index in [9.17, 15) is 4.79 Å². The molecule has 0 aromatic carbocycles. The zero-order chi connectivity index (χ0) is 14.6. The molecule has 2 N–H and O–H groups in total. The van der Waals surface area contributed by atoms with Gasteiger partial charge in [0.25, 0.3) is 0 Å². The van der Waals surface area contributed by atoms with Crippen molar-refractivity contribution in [3.05, 3.63) is 0 Å². The van der Waals surface area contributed by atoms with Gasteiger partial charge in [-0.1, -0.05) is 20.8 Å². The fourth-order valence-corrected chi connectivity index (χ4v) is 2.10. The molecular formula is C14H29NO3. The van der Waals surface area contributed by atoms with Crippen molar-refractivity contribution in [1.29, 1.82) is 0 Å². The van der Waals surface area contributed by atoms with Gasteiger partial charge in [-0.25, -0.2) is 0 Å². The van der Waals surface area contributed by atoms with Crippen LogP contribution in [0.15, 0.2) is 0 Å². The predicted octanol–water partition coefficient (Wildman–Crippen LogP) is 2.10. The minimum Gasteiger partial charge on any atom is -0.458 e. The lowest BCUT2D eigenvalue weighted by Crippen LogP contribution is -2.43. The van der Waals surface area contributed by atoms with Crippen molar-refractivity contribution in [2.24, 2.45) is 5.41 Å². The standard InChI is InChI=1S/C14H29NO3/c1-10(16)8-15-11(2)12(17)18-14(6,7)9-13(3,4)5/h10-11,15-16H,8-9H2,1-7H3. The largest absolute Gasteiger partial charge is 0.458 e. The molecule has 0 saturated heterocycles. The molecule has 108 valence electrons. The Hall–Kier alpha value is -0.610. The van der Waals surface area contributed by atoms with Crippen molar-refractivity contribution in [3.8, 4) is 0 Å². The molecule has 0 aromatic rings. The summed E-state index contributed by atoms with van der Waals surface area (Å²) in [7, 11) is 0. The third-order valence-electron chi connectivity index (χ3n) is 2.41. The van der Waals surface area contributed by atoms with Crippen LogP contribution in [0.4, 0.5) is 0 Å². The molecule has 4 heteroatoms. The highest BCUT2D eigenvalue weighted by Crippen LogP contribution is 2.29. The first kappa shape index (κ1) is 17.4. The van der Waals surface area contributed by atoms with E-state index in [1.807, 2.05) is 13.8 Å². The van der Waals surface area contributed by atoms with Crippen LogP contribution in [0.2, 0.25) is 0 Å². The van der Waals surface area contributed by atoms with Crippen LogP contribution < -0.4 is 5.32 Å². The SMILES string of the molecule is CC(O)CNC(C)C(=O)OC(C)(C)CC(C)(C)C. The van der Waals surface area contributed by atoms with Gasteiger partial charge in [-0.15, -0.1) is 0 Å². The molecule has 4 nitrogen and oxygen atoms in total. The van der Waals surface area contributed by atoms with E-state index in [1.165, 1.54) is 0 Å². The van der Waals surface area contributed by atoms with Crippen molar-refractivity contribution >= 4 is 5.97 Å². The molecule has 18 heavy (non-hydrogen) atoms. The summed E-state index contributed by atoms with van der Waals surface area (Å²) in [5.41, 5.74) is -0.365. The molecule has 0 bridgehead atoms. The first-order valence-electron chi connectivity index (χ1n) is 6.57. The Morgan fingerprint density at radius 3 is 2.11 bits per heavy atom. The quantitative estimate of drug-likeness (QED) is 0.717. The molecule has 0 radical (unpaired) electrons. The molecule has 0 amide bonds. The van der Waals surface area contributed by atoms with E-state index < -0.39 is 17.7 Å². The number of rotatable bonds is 6. The van der Waals surface area contributed by atoms with E-state index in [-0.39, 0.29) is 11.4 Å². The number of ether oxygens (including phenoxy) is 1. The second-order valence-electron chi connectivity index (χ2n) is 6.90. The summed E-state index contributed by atoms with van der Waals surface area (Å²) in [6.07, 6.45) is 0.331. The minimum absolute atomic E-state index is 0.111. The Bertz CT molecular complexity index is 267. The molecule has 0 saturated carbocycles. The second kappa shape index (κ2) is 6.53. The Balaban J connectivity index is 4.28. The van der Waals surface area contributed by atoms with Crippen LogP contribution in [0, 0.1) is 5.41 Å². The zero-order valence-corrected chi connectivity index (χ0v) is 12.8. The smallest absolute Gasteiger partial charge is 0.323 e. The first-order valence-corrected chi connectivity index (χ1v) is 6.57. The Morgan fingerprint density at radius 1 is 1.22 bits per heavy atom. The van der Waals surface area contributed by atoms with Gasteiger partial charge in [-0.2, -0.15) is 0 Å².